The Kier molecular flexibility index (Phi) is 6.96. The van der Waals surface area contributed by atoms with Crippen LogP contribution in [0.5, 0.6) is 0 Å². The van der Waals surface area contributed by atoms with E-state index in [9.17, 15) is 0 Å². The number of halogens is 1. The number of hydrogen-bond donors (Lipinski definition) is 0. The summed E-state index contributed by atoms with van der Waals surface area (Å²) in [5.41, 5.74) is 3.70. The maximum atomic E-state index is 4.26. The Bertz CT molecular complexity index is 245. The van der Waals surface area contributed by atoms with Crippen LogP contribution in [-0.2, 0) is 16.3 Å². The van der Waals surface area contributed by atoms with E-state index in [2.05, 4.69) is 58.6 Å². The average Bonchev–Trinajstić information content (AvgIpc) is 2.44. The summed E-state index contributed by atoms with van der Waals surface area (Å²) in [6, 6.07) is 0. The molecule has 0 heterocycles. The Morgan fingerprint density at radius 2 is 1.93 bits per heavy atom. The Labute approximate surface area is 113 Å². The fraction of sp³-hybridized carbons (Fsp3) is 0.750. The zero-order valence-electron chi connectivity index (χ0n) is 10.5. The van der Waals surface area contributed by atoms with Crippen LogP contribution in [0.15, 0.2) is 0 Å². The summed E-state index contributed by atoms with van der Waals surface area (Å²) in [5, 5.41) is 0. The van der Waals surface area contributed by atoms with Gasteiger partial charge in [0.1, 0.15) is 8.07 Å². The van der Waals surface area contributed by atoms with Crippen molar-refractivity contribution in [2.45, 2.75) is 45.8 Å². The molecule has 0 saturated heterocycles. The van der Waals surface area contributed by atoms with Gasteiger partial charge in [-0.1, -0.05) is 39.4 Å². The van der Waals surface area contributed by atoms with Gasteiger partial charge in [-0.2, -0.15) is 0 Å². The van der Waals surface area contributed by atoms with Crippen LogP contribution < -0.4 is 0 Å². The standard InChI is InChI=1S/C12H21Si.BrH.Zn/c1-12(2)9-6-7-11(12)8-10-13(3,4)5;;/h11H,1,6-7,9H2,2-5H3;1H;/q-1;;+2/p-1/t11-,12+;;/m1../s1. The summed E-state index contributed by atoms with van der Waals surface area (Å²) in [7, 11) is -1.18. The molecule has 1 aliphatic rings. The summed E-state index contributed by atoms with van der Waals surface area (Å²) in [6.07, 6.45) is 3.82. The van der Waals surface area contributed by atoms with Gasteiger partial charge in [-0.05, 0) is 12.3 Å². The van der Waals surface area contributed by atoms with Crippen LogP contribution in [0.25, 0.3) is 0 Å². The van der Waals surface area contributed by atoms with E-state index >= 15 is 0 Å². The fourth-order valence-corrected chi connectivity index (χ4v) is 2.39. The van der Waals surface area contributed by atoms with Gasteiger partial charge >= 0.3 is 30.0 Å². The van der Waals surface area contributed by atoms with E-state index in [0.29, 0.717) is 5.92 Å². The van der Waals surface area contributed by atoms with Crippen LogP contribution in [0, 0.1) is 29.7 Å². The topological polar surface area (TPSA) is 0 Å². The normalized spacial score (nSPS) is 30.0. The second-order valence-corrected chi connectivity index (χ2v) is 10.4. The molecule has 15 heavy (non-hydrogen) atoms. The molecule has 0 aromatic carbocycles. The molecule has 1 rings (SSSR count). The predicted octanol–water partition coefficient (Wildman–Crippen LogP) is 4.35. The average molecular weight is 339 g/mol. The zero-order chi connectivity index (χ0) is 12.1. The quantitative estimate of drug-likeness (QED) is 0.350. The van der Waals surface area contributed by atoms with E-state index in [-0.39, 0.29) is 5.41 Å². The predicted molar refractivity (Wildman–Crippen MR) is 70.9 cm³/mol. The van der Waals surface area contributed by atoms with Crippen molar-refractivity contribution in [1.29, 1.82) is 0 Å². The number of rotatable bonds is 0. The van der Waals surface area contributed by atoms with Gasteiger partial charge in [-0.25, -0.2) is 0 Å². The first-order chi connectivity index (χ1) is 6.81. The molecular formula is C12H21BrSiZn. The third-order valence-electron chi connectivity index (χ3n) is 2.70. The third-order valence-corrected chi connectivity index (χ3v) is 3.60. The van der Waals surface area contributed by atoms with Crippen molar-refractivity contribution in [2.24, 2.45) is 11.3 Å². The third kappa shape index (κ3) is 6.25. The van der Waals surface area contributed by atoms with Gasteiger partial charge in [0.15, 0.2) is 0 Å². The molecule has 0 aromatic heterocycles. The second kappa shape index (κ2) is 6.58. The molecule has 0 spiro atoms. The van der Waals surface area contributed by atoms with Crippen LogP contribution in [0.4, 0.5) is 0 Å². The minimum absolute atomic E-state index is 0.229. The van der Waals surface area contributed by atoms with E-state index in [1.165, 1.54) is 35.6 Å². The van der Waals surface area contributed by atoms with E-state index in [1.54, 1.807) is 0 Å². The summed E-state index contributed by atoms with van der Waals surface area (Å²) in [6.45, 7) is 13.4. The summed E-state index contributed by atoms with van der Waals surface area (Å²) in [5.74, 6) is 4.02. The van der Waals surface area contributed by atoms with Crippen molar-refractivity contribution in [3.8, 4) is 11.5 Å². The summed E-state index contributed by atoms with van der Waals surface area (Å²) >= 11 is 4.25. The van der Waals surface area contributed by atoms with Crippen molar-refractivity contribution < 1.29 is 16.3 Å². The van der Waals surface area contributed by atoms with Crippen LogP contribution in [0.3, 0.4) is 0 Å². The monoisotopic (exact) mass is 336 g/mol. The van der Waals surface area contributed by atoms with Gasteiger partial charge in [0, 0.05) is 0 Å². The van der Waals surface area contributed by atoms with Crippen LogP contribution in [0.2, 0.25) is 19.6 Å². The Balaban J connectivity index is 0.000000921. The Morgan fingerprint density at radius 3 is 2.27 bits per heavy atom. The molecule has 0 nitrogen and oxygen atoms in total. The van der Waals surface area contributed by atoms with Gasteiger partial charge in [0.05, 0.1) is 0 Å². The molecule has 2 atom stereocenters. The molecule has 0 unspecified atom stereocenters. The van der Waals surface area contributed by atoms with Gasteiger partial charge in [-0.15, -0.1) is 16.9 Å². The molecule has 0 amide bonds. The molecule has 82 valence electrons. The second-order valence-electron chi connectivity index (χ2n) is 5.62. The Morgan fingerprint density at radius 1 is 1.40 bits per heavy atom. The SMILES string of the molecule is [CH2-][C@]1(C)CCC[C@@H]1C#C[Si](C)(C)C.[Zn+][Br]. The van der Waals surface area contributed by atoms with E-state index in [4.69, 9.17) is 0 Å². The van der Waals surface area contributed by atoms with Gasteiger partial charge in [-0.3, -0.25) is 0 Å². The van der Waals surface area contributed by atoms with E-state index in [0.717, 1.165) is 0 Å². The van der Waals surface area contributed by atoms with Gasteiger partial charge in [0.2, 0.25) is 0 Å². The first-order valence-electron chi connectivity index (χ1n) is 5.46. The zero-order valence-corrected chi connectivity index (χ0v) is 16.0. The van der Waals surface area contributed by atoms with E-state index < -0.39 is 8.07 Å². The maximum absolute atomic E-state index is 4.26. The first kappa shape index (κ1) is 15.9. The molecule has 0 radical (unpaired) electrons. The van der Waals surface area contributed by atoms with Crippen molar-refractivity contribution in [2.75, 3.05) is 0 Å². The molecule has 3 heteroatoms. The van der Waals surface area contributed by atoms with Crippen molar-refractivity contribution in [3.05, 3.63) is 6.92 Å². The van der Waals surface area contributed by atoms with Gasteiger partial charge in [0.25, 0.3) is 0 Å². The fourth-order valence-electron chi connectivity index (χ4n) is 1.78. The number of hydrogen-bond acceptors (Lipinski definition) is 0. The Hall–Kier alpha value is 0.880. The molecule has 1 aliphatic carbocycles. The van der Waals surface area contributed by atoms with Crippen molar-refractivity contribution in [3.63, 3.8) is 0 Å². The molecule has 0 aliphatic heterocycles. The molecule has 0 bridgehead atoms. The van der Waals surface area contributed by atoms with Crippen molar-refractivity contribution in [1.82, 2.24) is 0 Å². The van der Waals surface area contributed by atoms with E-state index in [1.807, 2.05) is 0 Å². The molecule has 1 fully saturated rings. The summed E-state index contributed by atoms with van der Waals surface area (Å²) in [4.78, 5) is 0. The minimum atomic E-state index is -1.18. The summed E-state index contributed by atoms with van der Waals surface area (Å²) < 4.78 is 0. The van der Waals surface area contributed by atoms with Crippen LogP contribution >= 0.6 is 13.6 Å². The molecule has 1 saturated carbocycles. The molecule has 0 aromatic rings. The first-order valence-corrected chi connectivity index (χ1v) is 15.9. The van der Waals surface area contributed by atoms with Crippen LogP contribution in [-0.4, -0.2) is 8.07 Å². The van der Waals surface area contributed by atoms with Crippen molar-refractivity contribution >= 4 is 21.7 Å². The molecular weight excluding hydrogens is 318 g/mol. The van der Waals surface area contributed by atoms with Gasteiger partial charge < -0.3 is 6.92 Å². The molecule has 0 N–H and O–H groups in total. The van der Waals surface area contributed by atoms with Crippen LogP contribution in [0.1, 0.15) is 26.2 Å².